The summed E-state index contributed by atoms with van der Waals surface area (Å²) in [7, 11) is -2.93. The van der Waals surface area contributed by atoms with E-state index in [-0.39, 0.29) is 11.2 Å². The summed E-state index contributed by atoms with van der Waals surface area (Å²) in [6.07, 6.45) is 1.68. The third kappa shape index (κ3) is 5.08. The molecule has 0 fully saturated rings. The Morgan fingerprint density at radius 3 is 2.39 bits per heavy atom. The molecule has 0 radical (unpaired) electrons. The molecule has 5 heteroatoms. The standard InChI is InChI=1S/C13H22O3S2/c1-13(2,3)12-8-7-11(17-12)10(14)6-5-9-18(4,15)16/h7-8,10,14H,5-6,9H2,1-4H3. The summed E-state index contributed by atoms with van der Waals surface area (Å²) in [4.78, 5) is 2.16. The fraction of sp³-hybridized carbons (Fsp3) is 0.692. The summed E-state index contributed by atoms with van der Waals surface area (Å²) in [6.45, 7) is 6.41. The van der Waals surface area contributed by atoms with E-state index < -0.39 is 15.9 Å². The van der Waals surface area contributed by atoms with Crippen molar-refractivity contribution >= 4 is 21.2 Å². The van der Waals surface area contributed by atoms with Crippen LogP contribution in [0.25, 0.3) is 0 Å². The molecular weight excluding hydrogens is 268 g/mol. The molecule has 0 aliphatic heterocycles. The number of rotatable bonds is 5. The van der Waals surface area contributed by atoms with Gasteiger partial charge in [0.05, 0.1) is 6.10 Å². The lowest BCUT2D eigenvalue weighted by molar-refractivity contribution is 0.170. The van der Waals surface area contributed by atoms with Crippen molar-refractivity contribution < 1.29 is 13.5 Å². The van der Waals surface area contributed by atoms with Crippen LogP contribution in [0, 0.1) is 0 Å². The van der Waals surface area contributed by atoms with Crippen molar-refractivity contribution in [2.75, 3.05) is 12.0 Å². The summed E-state index contributed by atoms with van der Waals surface area (Å²) in [5.41, 5.74) is 0.0927. The van der Waals surface area contributed by atoms with Crippen molar-refractivity contribution in [1.29, 1.82) is 0 Å². The normalized spacial score (nSPS) is 14.7. The molecule has 0 aliphatic carbocycles. The summed E-state index contributed by atoms with van der Waals surface area (Å²) in [6, 6.07) is 3.98. The third-order valence-corrected chi connectivity index (χ3v) is 5.33. The zero-order valence-corrected chi connectivity index (χ0v) is 13.1. The Balaban J connectivity index is 2.57. The van der Waals surface area contributed by atoms with Gasteiger partial charge in [-0.25, -0.2) is 8.42 Å². The molecule has 3 nitrogen and oxygen atoms in total. The van der Waals surface area contributed by atoms with Gasteiger partial charge in [0.2, 0.25) is 0 Å². The van der Waals surface area contributed by atoms with E-state index in [4.69, 9.17) is 0 Å². The first-order valence-electron chi connectivity index (χ1n) is 6.05. The lowest BCUT2D eigenvalue weighted by Gasteiger charge is -2.15. The van der Waals surface area contributed by atoms with Crippen LogP contribution in [0.4, 0.5) is 0 Å². The molecule has 1 atom stereocenters. The molecule has 1 N–H and O–H groups in total. The Hall–Kier alpha value is -0.390. The minimum absolute atomic E-state index is 0.0927. The summed E-state index contributed by atoms with van der Waals surface area (Å²) in [5.74, 6) is 0.140. The van der Waals surface area contributed by atoms with Crippen molar-refractivity contribution in [2.24, 2.45) is 0 Å². The minimum atomic E-state index is -2.93. The maximum atomic E-state index is 11.0. The molecular formula is C13H22O3S2. The van der Waals surface area contributed by atoms with Gasteiger partial charge in [-0.3, -0.25) is 0 Å². The molecule has 1 heterocycles. The fourth-order valence-electron chi connectivity index (χ4n) is 1.62. The van der Waals surface area contributed by atoms with E-state index in [1.807, 2.05) is 12.1 Å². The second kappa shape index (κ2) is 5.72. The van der Waals surface area contributed by atoms with Crippen LogP contribution in [-0.4, -0.2) is 25.5 Å². The topological polar surface area (TPSA) is 54.4 Å². The first-order chi connectivity index (χ1) is 8.09. The van der Waals surface area contributed by atoms with Crippen molar-refractivity contribution in [3.63, 3.8) is 0 Å². The number of thiophene rings is 1. The predicted octanol–water partition coefficient (Wildman–Crippen LogP) is 2.90. The highest BCUT2D eigenvalue weighted by atomic mass is 32.2. The number of sulfone groups is 1. The van der Waals surface area contributed by atoms with E-state index in [1.54, 1.807) is 11.3 Å². The zero-order valence-electron chi connectivity index (χ0n) is 11.4. The Morgan fingerprint density at radius 2 is 1.94 bits per heavy atom. The Bertz CT molecular complexity index is 481. The average Bonchev–Trinajstić information content (AvgIpc) is 2.62. The number of aliphatic hydroxyl groups is 1. The number of aliphatic hydroxyl groups excluding tert-OH is 1. The summed E-state index contributed by atoms with van der Waals surface area (Å²) >= 11 is 1.61. The van der Waals surface area contributed by atoms with Crippen LogP contribution in [0.2, 0.25) is 0 Å². The van der Waals surface area contributed by atoms with Crippen molar-refractivity contribution in [3.8, 4) is 0 Å². The minimum Gasteiger partial charge on any atom is -0.388 e. The highest BCUT2D eigenvalue weighted by Gasteiger charge is 2.18. The Morgan fingerprint density at radius 1 is 1.33 bits per heavy atom. The molecule has 1 aromatic rings. The molecule has 1 aromatic heterocycles. The Labute approximate surface area is 114 Å². The molecule has 0 saturated carbocycles. The van der Waals surface area contributed by atoms with Gasteiger partial charge in [-0.15, -0.1) is 11.3 Å². The first kappa shape index (κ1) is 15.7. The molecule has 0 amide bonds. The van der Waals surface area contributed by atoms with Crippen LogP contribution in [0.3, 0.4) is 0 Å². The van der Waals surface area contributed by atoms with Crippen LogP contribution >= 0.6 is 11.3 Å². The lowest BCUT2D eigenvalue weighted by atomic mass is 9.95. The van der Waals surface area contributed by atoms with Crippen molar-refractivity contribution in [1.82, 2.24) is 0 Å². The monoisotopic (exact) mass is 290 g/mol. The SMILES string of the molecule is CC(C)(C)c1ccc(C(O)CCCS(C)(=O)=O)s1. The van der Waals surface area contributed by atoms with Gasteiger partial charge in [0.25, 0.3) is 0 Å². The maximum absolute atomic E-state index is 11.0. The van der Waals surface area contributed by atoms with Crippen LogP contribution in [0.15, 0.2) is 12.1 Å². The molecule has 0 saturated heterocycles. The Kier molecular flexibility index (Phi) is 4.98. The van der Waals surface area contributed by atoms with Crippen molar-refractivity contribution in [2.45, 2.75) is 45.1 Å². The molecule has 1 unspecified atom stereocenters. The van der Waals surface area contributed by atoms with E-state index in [2.05, 4.69) is 20.8 Å². The van der Waals surface area contributed by atoms with E-state index in [0.29, 0.717) is 12.8 Å². The highest BCUT2D eigenvalue weighted by Crippen LogP contribution is 2.33. The molecule has 18 heavy (non-hydrogen) atoms. The third-order valence-electron chi connectivity index (χ3n) is 2.69. The van der Waals surface area contributed by atoms with E-state index in [0.717, 1.165) is 4.88 Å². The van der Waals surface area contributed by atoms with Gasteiger partial charge in [0.1, 0.15) is 9.84 Å². The second-order valence-corrected chi connectivity index (χ2v) is 9.12. The van der Waals surface area contributed by atoms with E-state index in [1.165, 1.54) is 11.1 Å². The molecule has 0 bridgehead atoms. The predicted molar refractivity (Wildman–Crippen MR) is 76.9 cm³/mol. The summed E-state index contributed by atoms with van der Waals surface area (Å²) in [5, 5.41) is 10.0. The van der Waals surface area contributed by atoms with Gasteiger partial charge in [-0.2, -0.15) is 0 Å². The van der Waals surface area contributed by atoms with E-state index >= 15 is 0 Å². The average molecular weight is 290 g/mol. The van der Waals surface area contributed by atoms with Crippen molar-refractivity contribution in [3.05, 3.63) is 21.9 Å². The zero-order chi connectivity index (χ0) is 14.0. The molecule has 1 rings (SSSR count). The second-order valence-electron chi connectivity index (χ2n) is 5.74. The van der Waals surface area contributed by atoms with Gasteiger partial charge in [0.15, 0.2) is 0 Å². The smallest absolute Gasteiger partial charge is 0.147 e. The van der Waals surface area contributed by atoms with Gasteiger partial charge >= 0.3 is 0 Å². The fourth-order valence-corrected chi connectivity index (χ4v) is 3.39. The summed E-state index contributed by atoms with van der Waals surface area (Å²) < 4.78 is 22.0. The van der Waals surface area contributed by atoms with Gasteiger partial charge in [-0.05, 0) is 30.4 Å². The number of hydrogen-bond donors (Lipinski definition) is 1. The molecule has 0 spiro atoms. The lowest BCUT2D eigenvalue weighted by Crippen LogP contribution is -2.08. The number of hydrogen-bond acceptors (Lipinski definition) is 4. The van der Waals surface area contributed by atoms with E-state index in [9.17, 15) is 13.5 Å². The molecule has 104 valence electrons. The quantitative estimate of drug-likeness (QED) is 0.907. The van der Waals surface area contributed by atoms with Gasteiger partial charge in [0, 0.05) is 21.8 Å². The van der Waals surface area contributed by atoms with Crippen LogP contribution in [0.1, 0.15) is 49.5 Å². The van der Waals surface area contributed by atoms with Gasteiger partial charge < -0.3 is 5.11 Å². The van der Waals surface area contributed by atoms with Crippen LogP contribution < -0.4 is 0 Å². The largest absolute Gasteiger partial charge is 0.388 e. The highest BCUT2D eigenvalue weighted by molar-refractivity contribution is 7.90. The molecule has 0 aliphatic rings. The maximum Gasteiger partial charge on any atom is 0.147 e. The van der Waals surface area contributed by atoms with Crippen LogP contribution in [-0.2, 0) is 15.3 Å². The van der Waals surface area contributed by atoms with Crippen LogP contribution in [0.5, 0.6) is 0 Å². The first-order valence-corrected chi connectivity index (χ1v) is 8.93. The van der Waals surface area contributed by atoms with Gasteiger partial charge in [-0.1, -0.05) is 20.8 Å². The molecule has 0 aromatic carbocycles.